The highest BCUT2D eigenvalue weighted by molar-refractivity contribution is 5.92. The lowest BCUT2D eigenvalue weighted by atomic mass is 10.3. The number of carboxylic acid groups (broad SMARTS) is 1. The number of urea groups is 1. The number of benzene rings is 1. The number of aromatic nitrogens is 2. The van der Waals surface area contributed by atoms with Crippen molar-refractivity contribution >= 4 is 28.7 Å². The first kappa shape index (κ1) is 12.9. The number of carboxylic acids is 1. The van der Waals surface area contributed by atoms with Gasteiger partial charge in [0.1, 0.15) is 5.82 Å². The standard InChI is InChI=1S/C12H14N4O3/c1-7-14-9-3-2-8(6-10(9)15-7)16-12(19)13-5-4-11(17)18/h2-3,6H,4-5H2,1H3,(H,14,15)(H,17,18)(H2,13,16,19). The molecule has 0 radical (unpaired) electrons. The van der Waals surface area contributed by atoms with Gasteiger partial charge in [-0.25, -0.2) is 9.78 Å². The number of aryl methyl sites for hydroxylation is 1. The number of fused-ring (bicyclic) bond motifs is 1. The molecular formula is C12H14N4O3. The summed E-state index contributed by atoms with van der Waals surface area (Å²) in [6, 6.07) is 4.87. The summed E-state index contributed by atoms with van der Waals surface area (Å²) in [5.74, 6) is -0.146. The first-order valence-corrected chi connectivity index (χ1v) is 5.77. The molecule has 0 aliphatic heterocycles. The Morgan fingerprint density at radius 1 is 1.42 bits per heavy atom. The van der Waals surface area contributed by atoms with E-state index in [0.29, 0.717) is 5.69 Å². The number of aliphatic carboxylic acids is 1. The number of aromatic amines is 1. The zero-order chi connectivity index (χ0) is 13.8. The van der Waals surface area contributed by atoms with Crippen LogP contribution in [0.25, 0.3) is 11.0 Å². The Bertz CT molecular complexity index is 620. The summed E-state index contributed by atoms with van der Waals surface area (Å²) in [7, 11) is 0. The third-order valence-electron chi connectivity index (χ3n) is 2.48. The van der Waals surface area contributed by atoms with Crippen molar-refractivity contribution in [2.45, 2.75) is 13.3 Å². The molecule has 0 saturated carbocycles. The second-order valence-corrected chi connectivity index (χ2v) is 4.08. The first-order chi connectivity index (χ1) is 9.04. The van der Waals surface area contributed by atoms with Crippen LogP contribution >= 0.6 is 0 Å². The quantitative estimate of drug-likeness (QED) is 0.669. The summed E-state index contributed by atoms with van der Waals surface area (Å²) in [6.45, 7) is 1.94. The second kappa shape index (κ2) is 5.38. The molecule has 100 valence electrons. The van der Waals surface area contributed by atoms with Gasteiger partial charge in [-0.05, 0) is 25.1 Å². The highest BCUT2D eigenvalue weighted by atomic mass is 16.4. The highest BCUT2D eigenvalue weighted by Crippen LogP contribution is 2.16. The van der Waals surface area contributed by atoms with Crippen molar-refractivity contribution in [3.8, 4) is 0 Å². The number of amides is 2. The fourth-order valence-electron chi connectivity index (χ4n) is 1.67. The van der Waals surface area contributed by atoms with Gasteiger partial charge in [0.2, 0.25) is 0 Å². The largest absolute Gasteiger partial charge is 0.481 e. The molecule has 1 aromatic heterocycles. The molecule has 4 N–H and O–H groups in total. The van der Waals surface area contributed by atoms with Crippen LogP contribution in [0, 0.1) is 6.92 Å². The van der Waals surface area contributed by atoms with Gasteiger partial charge in [0, 0.05) is 12.2 Å². The number of nitrogens with zero attached hydrogens (tertiary/aromatic N) is 1. The average Bonchev–Trinajstić information content (AvgIpc) is 2.67. The second-order valence-electron chi connectivity index (χ2n) is 4.08. The van der Waals surface area contributed by atoms with E-state index >= 15 is 0 Å². The van der Waals surface area contributed by atoms with Gasteiger partial charge in [-0.3, -0.25) is 4.79 Å². The molecule has 19 heavy (non-hydrogen) atoms. The SMILES string of the molecule is Cc1nc2ccc(NC(=O)NCCC(=O)O)cc2[nH]1. The van der Waals surface area contributed by atoms with Crippen LogP contribution in [0.1, 0.15) is 12.2 Å². The van der Waals surface area contributed by atoms with Crippen LogP contribution in [0.3, 0.4) is 0 Å². The maximum atomic E-state index is 11.5. The van der Waals surface area contributed by atoms with Crippen LogP contribution in [0.4, 0.5) is 10.5 Å². The van der Waals surface area contributed by atoms with Crippen molar-refractivity contribution in [2.24, 2.45) is 0 Å². The van der Waals surface area contributed by atoms with E-state index in [1.165, 1.54) is 0 Å². The molecule has 0 saturated heterocycles. The van der Waals surface area contributed by atoms with Gasteiger partial charge in [-0.2, -0.15) is 0 Å². The predicted molar refractivity (Wildman–Crippen MR) is 70.1 cm³/mol. The summed E-state index contributed by atoms with van der Waals surface area (Å²) in [5.41, 5.74) is 2.28. The molecule has 0 bridgehead atoms. The number of carbonyl (C=O) groups excluding carboxylic acids is 1. The van der Waals surface area contributed by atoms with E-state index in [-0.39, 0.29) is 13.0 Å². The maximum Gasteiger partial charge on any atom is 0.319 e. The van der Waals surface area contributed by atoms with E-state index in [0.717, 1.165) is 16.9 Å². The lowest BCUT2D eigenvalue weighted by Crippen LogP contribution is -2.30. The number of carbonyl (C=O) groups is 2. The van der Waals surface area contributed by atoms with E-state index < -0.39 is 12.0 Å². The monoisotopic (exact) mass is 262 g/mol. The number of H-pyrrole nitrogens is 1. The van der Waals surface area contributed by atoms with Gasteiger partial charge < -0.3 is 20.7 Å². The number of rotatable bonds is 4. The highest BCUT2D eigenvalue weighted by Gasteiger charge is 2.05. The lowest BCUT2D eigenvalue weighted by molar-refractivity contribution is -0.136. The van der Waals surface area contributed by atoms with Crippen LogP contribution in [0.15, 0.2) is 18.2 Å². The number of anilines is 1. The molecule has 2 amide bonds. The maximum absolute atomic E-state index is 11.5. The van der Waals surface area contributed by atoms with Crippen molar-refractivity contribution in [3.63, 3.8) is 0 Å². The van der Waals surface area contributed by atoms with Crippen molar-refractivity contribution in [3.05, 3.63) is 24.0 Å². The van der Waals surface area contributed by atoms with Crippen molar-refractivity contribution in [1.82, 2.24) is 15.3 Å². The molecule has 0 fully saturated rings. The number of nitrogens with one attached hydrogen (secondary N) is 3. The minimum absolute atomic E-state index is 0.0899. The molecule has 1 aromatic carbocycles. The molecule has 0 aliphatic rings. The van der Waals surface area contributed by atoms with Crippen molar-refractivity contribution in [2.75, 3.05) is 11.9 Å². The zero-order valence-corrected chi connectivity index (χ0v) is 10.4. The summed E-state index contributed by atoms with van der Waals surface area (Å²) in [4.78, 5) is 29.1. The molecule has 0 aliphatic carbocycles. The molecule has 0 atom stereocenters. The molecule has 0 spiro atoms. The van der Waals surface area contributed by atoms with Crippen LogP contribution in [-0.2, 0) is 4.79 Å². The molecule has 7 nitrogen and oxygen atoms in total. The summed E-state index contributed by atoms with van der Waals surface area (Å²) in [5, 5.41) is 13.5. The van der Waals surface area contributed by atoms with Crippen LogP contribution < -0.4 is 10.6 Å². The average molecular weight is 262 g/mol. The molecular weight excluding hydrogens is 248 g/mol. The van der Waals surface area contributed by atoms with Gasteiger partial charge in [0.05, 0.1) is 17.5 Å². The Hall–Kier alpha value is -2.57. The fourth-order valence-corrected chi connectivity index (χ4v) is 1.67. The smallest absolute Gasteiger partial charge is 0.319 e. The normalized spacial score (nSPS) is 10.4. The Morgan fingerprint density at radius 3 is 2.95 bits per heavy atom. The summed E-state index contributed by atoms with van der Waals surface area (Å²) in [6.07, 6.45) is -0.105. The minimum Gasteiger partial charge on any atom is -0.481 e. The van der Waals surface area contributed by atoms with E-state index in [9.17, 15) is 9.59 Å². The summed E-state index contributed by atoms with van der Waals surface area (Å²) >= 11 is 0. The minimum atomic E-state index is -0.949. The van der Waals surface area contributed by atoms with Crippen molar-refractivity contribution < 1.29 is 14.7 Å². The number of imidazole rings is 1. The van der Waals surface area contributed by atoms with E-state index in [2.05, 4.69) is 20.6 Å². The van der Waals surface area contributed by atoms with E-state index in [4.69, 9.17) is 5.11 Å². The van der Waals surface area contributed by atoms with E-state index in [1.54, 1.807) is 18.2 Å². The molecule has 2 aromatic rings. The van der Waals surface area contributed by atoms with E-state index in [1.807, 2.05) is 6.92 Å². The molecule has 0 unspecified atom stereocenters. The Morgan fingerprint density at radius 2 is 2.21 bits per heavy atom. The number of hydrogen-bond acceptors (Lipinski definition) is 3. The van der Waals surface area contributed by atoms with Crippen LogP contribution in [0.5, 0.6) is 0 Å². The molecule has 7 heteroatoms. The van der Waals surface area contributed by atoms with Crippen LogP contribution in [-0.4, -0.2) is 33.6 Å². The van der Waals surface area contributed by atoms with Gasteiger partial charge in [0.25, 0.3) is 0 Å². The Balaban J connectivity index is 1.96. The van der Waals surface area contributed by atoms with Crippen LogP contribution in [0.2, 0.25) is 0 Å². The Labute approximate surface area is 109 Å². The topological polar surface area (TPSA) is 107 Å². The van der Waals surface area contributed by atoms with Gasteiger partial charge >= 0.3 is 12.0 Å². The fraction of sp³-hybridized carbons (Fsp3) is 0.250. The van der Waals surface area contributed by atoms with Crippen molar-refractivity contribution in [1.29, 1.82) is 0 Å². The zero-order valence-electron chi connectivity index (χ0n) is 10.4. The molecule has 1 heterocycles. The lowest BCUT2D eigenvalue weighted by Gasteiger charge is -2.06. The van der Waals surface area contributed by atoms with Gasteiger partial charge in [-0.1, -0.05) is 0 Å². The third-order valence-corrected chi connectivity index (χ3v) is 2.48. The van der Waals surface area contributed by atoms with Gasteiger partial charge in [0.15, 0.2) is 0 Å². The number of hydrogen-bond donors (Lipinski definition) is 4. The Kier molecular flexibility index (Phi) is 3.65. The third kappa shape index (κ3) is 3.44. The van der Waals surface area contributed by atoms with Gasteiger partial charge in [-0.15, -0.1) is 0 Å². The summed E-state index contributed by atoms with van der Waals surface area (Å²) < 4.78 is 0. The predicted octanol–water partition coefficient (Wildman–Crippen LogP) is 1.47. The molecule has 2 rings (SSSR count). The first-order valence-electron chi connectivity index (χ1n) is 5.77.